The standard InChI is InChI=1S/C10H17N5O3S/c11-9(16)5-7-1-3-15(4-2-7)19(17,18)8-6-13-14-10(8)12/h6-7H,1-5H2,(H2,11,16)(H3,12,13,14). The molecule has 1 fully saturated rings. The van der Waals surface area contributed by atoms with Gasteiger partial charge in [-0.15, -0.1) is 0 Å². The van der Waals surface area contributed by atoms with Gasteiger partial charge in [-0.05, 0) is 18.8 Å². The number of amides is 1. The van der Waals surface area contributed by atoms with Gasteiger partial charge < -0.3 is 11.5 Å². The molecule has 5 N–H and O–H groups in total. The number of aromatic amines is 1. The number of nitrogens with zero attached hydrogens (tertiary/aromatic N) is 2. The maximum Gasteiger partial charge on any atom is 0.248 e. The first kappa shape index (κ1) is 13.8. The lowest BCUT2D eigenvalue weighted by Gasteiger charge is -2.30. The van der Waals surface area contributed by atoms with Gasteiger partial charge in [0.15, 0.2) is 0 Å². The van der Waals surface area contributed by atoms with Crippen LogP contribution in [0.2, 0.25) is 0 Å². The maximum absolute atomic E-state index is 12.3. The number of aromatic nitrogens is 2. The molecule has 0 saturated carbocycles. The van der Waals surface area contributed by atoms with Crippen LogP contribution in [0, 0.1) is 5.92 Å². The van der Waals surface area contributed by atoms with Crippen LogP contribution in [0.3, 0.4) is 0 Å². The van der Waals surface area contributed by atoms with Gasteiger partial charge in [0.1, 0.15) is 10.7 Å². The topological polar surface area (TPSA) is 135 Å². The molecule has 0 aromatic carbocycles. The molecular weight excluding hydrogens is 270 g/mol. The van der Waals surface area contributed by atoms with E-state index in [1.54, 1.807) is 0 Å². The summed E-state index contributed by atoms with van der Waals surface area (Å²) in [4.78, 5) is 10.8. The Labute approximate surface area is 111 Å². The zero-order chi connectivity index (χ0) is 14.0. The Morgan fingerprint density at radius 2 is 2.11 bits per heavy atom. The lowest BCUT2D eigenvalue weighted by Crippen LogP contribution is -2.39. The van der Waals surface area contributed by atoms with Gasteiger partial charge in [0.25, 0.3) is 0 Å². The van der Waals surface area contributed by atoms with Gasteiger partial charge in [0, 0.05) is 19.5 Å². The van der Waals surface area contributed by atoms with Crippen LogP contribution in [0.4, 0.5) is 5.82 Å². The molecule has 0 aliphatic carbocycles. The molecule has 1 amide bonds. The van der Waals surface area contributed by atoms with Crippen LogP contribution in [0.15, 0.2) is 11.1 Å². The molecular formula is C10H17N5O3S. The highest BCUT2D eigenvalue weighted by atomic mass is 32.2. The number of piperidine rings is 1. The van der Waals surface area contributed by atoms with Crippen LogP contribution in [-0.2, 0) is 14.8 Å². The van der Waals surface area contributed by atoms with E-state index in [9.17, 15) is 13.2 Å². The number of nitrogens with two attached hydrogens (primary N) is 2. The number of sulfonamides is 1. The van der Waals surface area contributed by atoms with E-state index in [1.807, 2.05) is 0 Å². The molecule has 9 heteroatoms. The van der Waals surface area contributed by atoms with E-state index in [2.05, 4.69) is 10.2 Å². The van der Waals surface area contributed by atoms with Crippen molar-refractivity contribution >= 4 is 21.7 Å². The lowest BCUT2D eigenvalue weighted by atomic mass is 9.94. The predicted molar refractivity (Wildman–Crippen MR) is 68.3 cm³/mol. The summed E-state index contributed by atoms with van der Waals surface area (Å²) in [6.45, 7) is 0.732. The summed E-state index contributed by atoms with van der Waals surface area (Å²) < 4.78 is 26.0. The van der Waals surface area contributed by atoms with E-state index >= 15 is 0 Å². The number of hydrogen-bond donors (Lipinski definition) is 3. The number of carbonyl (C=O) groups is 1. The fourth-order valence-electron chi connectivity index (χ4n) is 2.27. The van der Waals surface area contributed by atoms with Crippen LogP contribution in [-0.4, -0.2) is 41.9 Å². The van der Waals surface area contributed by atoms with E-state index < -0.39 is 10.0 Å². The molecule has 8 nitrogen and oxygen atoms in total. The number of rotatable bonds is 4. The number of primary amides is 1. The first-order valence-corrected chi connectivity index (χ1v) is 7.42. The second-order valence-electron chi connectivity index (χ2n) is 4.67. The average Bonchev–Trinajstić information content (AvgIpc) is 2.76. The lowest BCUT2D eigenvalue weighted by molar-refractivity contribution is -0.119. The minimum Gasteiger partial charge on any atom is -0.383 e. The normalized spacial score (nSPS) is 18.5. The monoisotopic (exact) mass is 287 g/mol. The molecule has 1 aromatic rings. The fraction of sp³-hybridized carbons (Fsp3) is 0.600. The Balaban J connectivity index is 2.05. The van der Waals surface area contributed by atoms with Crippen molar-refractivity contribution in [3.63, 3.8) is 0 Å². The Kier molecular flexibility index (Phi) is 3.76. The first-order valence-electron chi connectivity index (χ1n) is 5.98. The molecule has 0 radical (unpaired) electrons. The number of anilines is 1. The molecule has 2 rings (SSSR count). The first-order chi connectivity index (χ1) is 8.91. The van der Waals surface area contributed by atoms with E-state index in [4.69, 9.17) is 11.5 Å². The van der Waals surface area contributed by atoms with Crippen LogP contribution >= 0.6 is 0 Å². The fourth-order valence-corrected chi connectivity index (χ4v) is 3.75. The highest BCUT2D eigenvalue weighted by molar-refractivity contribution is 7.89. The molecule has 2 heterocycles. The molecule has 1 aliphatic rings. The number of nitrogen functional groups attached to an aromatic ring is 1. The smallest absolute Gasteiger partial charge is 0.248 e. The zero-order valence-corrected chi connectivity index (χ0v) is 11.2. The van der Waals surface area contributed by atoms with Gasteiger partial charge in [-0.2, -0.15) is 9.40 Å². The van der Waals surface area contributed by atoms with Crippen LogP contribution < -0.4 is 11.5 Å². The van der Waals surface area contributed by atoms with E-state index in [1.165, 1.54) is 10.5 Å². The van der Waals surface area contributed by atoms with Gasteiger partial charge >= 0.3 is 0 Å². The van der Waals surface area contributed by atoms with Gasteiger partial charge in [-0.1, -0.05) is 0 Å². The number of carbonyl (C=O) groups excluding carboxylic acids is 1. The highest BCUT2D eigenvalue weighted by Crippen LogP contribution is 2.26. The van der Waals surface area contributed by atoms with Crippen molar-refractivity contribution < 1.29 is 13.2 Å². The molecule has 1 aliphatic heterocycles. The zero-order valence-electron chi connectivity index (χ0n) is 10.4. The Bertz CT molecular complexity index is 559. The third-order valence-electron chi connectivity index (χ3n) is 3.31. The quantitative estimate of drug-likeness (QED) is 0.670. The largest absolute Gasteiger partial charge is 0.383 e. The van der Waals surface area contributed by atoms with Crippen LogP contribution in [0.5, 0.6) is 0 Å². The van der Waals surface area contributed by atoms with Gasteiger partial charge in [-0.3, -0.25) is 9.89 Å². The third-order valence-corrected chi connectivity index (χ3v) is 5.24. The van der Waals surface area contributed by atoms with Crippen molar-refractivity contribution in [1.29, 1.82) is 0 Å². The Morgan fingerprint density at radius 1 is 1.47 bits per heavy atom. The van der Waals surface area contributed by atoms with Gasteiger partial charge in [0.2, 0.25) is 15.9 Å². The molecule has 0 atom stereocenters. The van der Waals surface area contributed by atoms with E-state index in [0.717, 1.165) is 0 Å². The molecule has 0 unspecified atom stereocenters. The molecule has 1 saturated heterocycles. The van der Waals surface area contributed by atoms with Crippen molar-refractivity contribution in [1.82, 2.24) is 14.5 Å². The molecule has 0 bridgehead atoms. The van der Waals surface area contributed by atoms with Crippen LogP contribution in [0.1, 0.15) is 19.3 Å². The number of H-pyrrole nitrogens is 1. The predicted octanol–water partition coefficient (Wildman–Crippen LogP) is -0.732. The van der Waals surface area contributed by atoms with Crippen molar-refractivity contribution in [2.75, 3.05) is 18.8 Å². The van der Waals surface area contributed by atoms with Gasteiger partial charge in [0.05, 0.1) is 6.20 Å². The highest BCUT2D eigenvalue weighted by Gasteiger charge is 2.31. The minimum atomic E-state index is -3.60. The van der Waals surface area contributed by atoms with Crippen molar-refractivity contribution in [3.05, 3.63) is 6.20 Å². The molecule has 0 spiro atoms. The van der Waals surface area contributed by atoms with Gasteiger partial charge in [-0.25, -0.2) is 8.42 Å². The van der Waals surface area contributed by atoms with Crippen molar-refractivity contribution in [2.24, 2.45) is 11.7 Å². The summed E-state index contributed by atoms with van der Waals surface area (Å²) >= 11 is 0. The van der Waals surface area contributed by atoms with Crippen LogP contribution in [0.25, 0.3) is 0 Å². The molecule has 106 valence electrons. The average molecular weight is 287 g/mol. The summed E-state index contributed by atoms with van der Waals surface area (Å²) in [5.74, 6) is -0.148. The maximum atomic E-state index is 12.3. The molecule has 1 aromatic heterocycles. The number of nitrogens with one attached hydrogen (secondary N) is 1. The van der Waals surface area contributed by atoms with E-state index in [-0.39, 0.29) is 22.5 Å². The summed E-state index contributed by atoms with van der Waals surface area (Å²) in [5.41, 5.74) is 10.7. The molecule has 19 heavy (non-hydrogen) atoms. The van der Waals surface area contributed by atoms with Crippen molar-refractivity contribution in [2.45, 2.75) is 24.2 Å². The SMILES string of the molecule is NC(=O)CC1CCN(S(=O)(=O)c2cn[nH]c2N)CC1. The number of hydrogen-bond acceptors (Lipinski definition) is 5. The summed E-state index contributed by atoms with van der Waals surface area (Å²) in [6, 6.07) is 0. The minimum absolute atomic E-state index is 0.000788. The summed E-state index contributed by atoms with van der Waals surface area (Å²) in [7, 11) is -3.60. The Morgan fingerprint density at radius 3 is 2.58 bits per heavy atom. The Hall–Kier alpha value is -1.61. The second kappa shape index (κ2) is 5.17. The van der Waals surface area contributed by atoms with Crippen molar-refractivity contribution in [3.8, 4) is 0 Å². The summed E-state index contributed by atoms with van der Waals surface area (Å²) in [6.07, 6.45) is 2.77. The second-order valence-corrected chi connectivity index (χ2v) is 6.57. The summed E-state index contributed by atoms with van der Waals surface area (Å²) in [5, 5.41) is 6.03. The third kappa shape index (κ3) is 2.87. The van der Waals surface area contributed by atoms with E-state index in [0.29, 0.717) is 32.4 Å².